The van der Waals surface area contributed by atoms with Crippen LogP contribution >= 0.6 is 0 Å². The number of H-pyrrole nitrogens is 1. The molecule has 0 radical (unpaired) electrons. The van der Waals surface area contributed by atoms with Crippen LogP contribution in [0.15, 0.2) is 72.8 Å². The van der Waals surface area contributed by atoms with E-state index in [0.717, 1.165) is 33.3 Å². The fraction of sp³-hybridized carbons (Fsp3) is 0.333. The molecule has 3 aromatic carbocycles. The number of nitrogens with one attached hydrogen (secondary N) is 1. The van der Waals surface area contributed by atoms with E-state index in [2.05, 4.69) is 23.2 Å². The van der Waals surface area contributed by atoms with Gasteiger partial charge in [0, 0.05) is 29.9 Å². The number of piperazine rings is 1. The largest absolute Gasteiger partial charge is 0.493 e. The summed E-state index contributed by atoms with van der Waals surface area (Å²) in [6, 6.07) is 24.2. The van der Waals surface area contributed by atoms with Crippen LogP contribution in [0.3, 0.4) is 0 Å². The Bertz CT molecular complexity index is 1580. The molecular formula is C33H35N3O4. The maximum absolute atomic E-state index is 14.3. The Kier molecular flexibility index (Phi) is 6.53. The van der Waals surface area contributed by atoms with E-state index in [1.165, 1.54) is 0 Å². The van der Waals surface area contributed by atoms with E-state index >= 15 is 0 Å². The van der Waals surface area contributed by atoms with Crippen molar-refractivity contribution in [1.29, 1.82) is 0 Å². The quantitative estimate of drug-likeness (QED) is 0.350. The molecule has 0 saturated carbocycles. The highest BCUT2D eigenvalue weighted by Gasteiger charge is 2.56. The molecule has 6 rings (SSSR count). The molecule has 7 nitrogen and oxygen atoms in total. The molecule has 1 aromatic heterocycles. The molecule has 1 saturated heterocycles. The molecule has 2 atom stereocenters. The van der Waals surface area contributed by atoms with Crippen LogP contribution in [0.5, 0.6) is 11.5 Å². The first kappa shape index (κ1) is 26.0. The van der Waals surface area contributed by atoms with Crippen molar-refractivity contribution in [3.8, 4) is 11.5 Å². The number of hydrogen-bond donors (Lipinski definition) is 1. The number of rotatable bonds is 7. The standard InChI is InChI=1S/C33H35N3O4/c1-21(2)40-27-15-14-23(18-28(27)39-4)25-19-36-29(37)20-35(17-16-22-10-6-5-7-11-22)32(38)33(36,3)31-30(25)24-12-8-9-13-26(24)34-31/h5-15,18,21,25,34H,16-17,19-20H2,1-4H3/t25-,33+/m1/s1. The highest BCUT2D eigenvalue weighted by Crippen LogP contribution is 2.49. The smallest absolute Gasteiger partial charge is 0.254 e. The number of carbonyl (C=O) groups excluding carboxylic acids is 2. The Morgan fingerprint density at radius 3 is 2.50 bits per heavy atom. The second-order valence-corrected chi connectivity index (χ2v) is 11.1. The van der Waals surface area contributed by atoms with Crippen molar-refractivity contribution in [1.82, 2.24) is 14.8 Å². The Morgan fingerprint density at radius 1 is 1.00 bits per heavy atom. The Balaban J connectivity index is 1.44. The Morgan fingerprint density at radius 2 is 1.75 bits per heavy atom. The van der Waals surface area contributed by atoms with Crippen molar-refractivity contribution in [2.75, 3.05) is 26.7 Å². The number of aromatic nitrogens is 1. The predicted molar refractivity (Wildman–Crippen MR) is 155 cm³/mol. The number of ether oxygens (including phenoxy) is 2. The second-order valence-electron chi connectivity index (χ2n) is 11.1. The normalized spacial score (nSPS) is 20.6. The molecule has 40 heavy (non-hydrogen) atoms. The average molecular weight is 538 g/mol. The van der Waals surface area contributed by atoms with Crippen LogP contribution < -0.4 is 9.47 Å². The van der Waals surface area contributed by atoms with Crippen molar-refractivity contribution >= 4 is 22.7 Å². The summed E-state index contributed by atoms with van der Waals surface area (Å²) in [5, 5.41) is 1.06. The number of nitrogens with zero attached hydrogens (tertiary/aromatic N) is 2. The van der Waals surface area contributed by atoms with Gasteiger partial charge in [0.25, 0.3) is 5.91 Å². The van der Waals surface area contributed by atoms with Gasteiger partial charge in [-0.2, -0.15) is 0 Å². The summed E-state index contributed by atoms with van der Waals surface area (Å²) in [5.74, 6) is 1.09. The fourth-order valence-electron chi connectivity index (χ4n) is 6.32. The first-order chi connectivity index (χ1) is 19.3. The van der Waals surface area contributed by atoms with Crippen LogP contribution in [0.2, 0.25) is 0 Å². The lowest BCUT2D eigenvalue weighted by Gasteiger charge is -2.51. The summed E-state index contributed by atoms with van der Waals surface area (Å²) in [6.07, 6.45) is 0.708. The summed E-state index contributed by atoms with van der Waals surface area (Å²) in [4.78, 5) is 35.1. The van der Waals surface area contributed by atoms with Crippen molar-refractivity contribution in [2.45, 2.75) is 44.8 Å². The van der Waals surface area contributed by atoms with Crippen LogP contribution in [-0.2, 0) is 21.5 Å². The summed E-state index contributed by atoms with van der Waals surface area (Å²) >= 11 is 0. The molecule has 0 bridgehead atoms. The first-order valence-electron chi connectivity index (χ1n) is 13.9. The van der Waals surface area contributed by atoms with E-state index in [1.54, 1.807) is 16.9 Å². The molecule has 0 aliphatic carbocycles. The van der Waals surface area contributed by atoms with Crippen molar-refractivity contribution < 1.29 is 19.1 Å². The summed E-state index contributed by atoms with van der Waals surface area (Å²) in [7, 11) is 1.64. The lowest BCUT2D eigenvalue weighted by atomic mass is 9.76. The van der Waals surface area contributed by atoms with Crippen LogP contribution in [0.1, 0.15) is 49.1 Å². The van der Waals surface area contributed by atoms with Crippen LogP contribution in [-0.4, -0.2) is 59.4 Å². The highest BCUT2D eigenvalue weighted by molar-refractivity contribution is 6.01. The molecule has 2 aliphatic heterocycles. The molecule has 206 valence electrons. The third-order valence-corrected chi connectivity index (χ3v) is 8.28. The molecule has 1 N–H and O–H groups in total. The van der Waals surface area contributed by atoms with Gasteiger partial charge in [0.05, 0.1) is 25.5 Å². The molecule has 2 amide bonds. The zero-order valence-corrected chi connectivity index (χ0v) is 23.4. The lowest BCUT2D eigenvalue weighted by Crippen LogP contribution is -2.67. The molecule has 3 heterocycles. The van der Waals surface area contributed by atoms with Gasteiger partial charge < -0.3 is 24.3 Å². The Hall–Kier alpha value is -4.26. The van der Waals surface area contributed by atoms with E-state index in [9.17, 15) is 9.59 Å². The third kappa shape index (κ3) is 4.21. The van der Waals surface area contributed by atoms with Crippen molar-refractivity contribution in [2.24, 2.45) is 0 Å². The average Bonchev–Trinajstić information content (AvgIpc) is 3.36. The predicted octanol–water partition coefficient (Wildman–Crippen LogP) is 5.24. The minimum Gasteiger partial charge on any atom is -0.493 e. The van der Waals surface area contributed by atoms with Gasteiger partial charge in [-0.15, -0.1) is 0 Å². The Labute approximate surface area is 234 Å². The van der Waals surface area contributed by atoms with Gasteiger partial charge in [0.2, 0.25) is 5.91 Å². The first-order valence-corrected chi connectivity index (χ1v) is 13.9. The number of hydrogen-bond acceptors (Lipinski definition) is 4. The van der Waals surface area contributed by atoms with Gasteiger partial charge in [-0.3, -0.25) is 9.59 Å². The van der Waals surface area contributed by atoms with Gasteiger partial charge in [-0.1, -0.05) is 54.6 Å². The second kappa shape index (κ2) is 10.0. The third-order valence-electron chi connectivity index (χ3n) is 8.28. The highest BCUT2D eigenvalue weighted by atomic mass is 16.5. The fourth-order valence-corrected chi connectivity index (χ4v) is 6.32. The van der Waals surface area contributed by atoms with Crippen LogP contribution in [0, 0.1) is 0 Å². The minimum absolute atomic E-state index is 0.0113. The van der Waals surface area contributed by atoms with Crippen molar-refractivity contribution in [3.63, 3.8) is 0 Å². The summed E-state index contributed by atoms with van der Waals surface area (Å²) < 4.78 is 11.7. The van der Waals surface area contributed by atoms with Gasteiger partial charge in [-0.05, 0) is 62.1 Å². The van der Waals surface area contributed by atoms with Gasteiger partial charge in [0.15, 0.2) is 17.0 Å². The van der Waals surface area contributed by atoms with E-state index < -0.39 is 5.54 Å². The molecule has 4 aromatic rings. The molecule has 2 aliphatic rings. The number of methoxy groups -OCH3 is 1. The number of para-hydroxylation sites is 1. The number of benzene rings is 3. The van der Waals surface area contributed by atoms with Gasteiger partial charge in [-0.25, -0.2) is 0 Å². The SMILES string of the molecule is COc1cc([C@H]2CN3C(=O)CN(CCc4ccccc4)C(=O)[C@]3(C)c3[nH]c4ccccc4c32)ccc1OC(C)C. The maximum Gasteiger partial charge on any atom is 0.254 e. The van der Waals surface area contributed by atoms with E-state index in [1.807, 2.05) is 75.4 Å². The van der Waals surface area contributed by atoms with Crippen LogP contribution in [0.25, 0.3) is 10.9 Å². The number of fused-ring (bicyclic) bond motifs is 5. The molecule has 1 fully saturated rings. The molecular weight excluding hydrogens is 502 g/mol. The van der Waals surface area contributed by atoms with Crippen LogP contribution in [0.4, 0.5) is 0 Å². The van der Waals surface area contributed by atoms with E-state index in [0.29, 0.717) is 31.0 Å². The summed E-state index contributed by atoms with van der Waals surface area (Å²) in [6.45, 7) is 6.83. The number of carbonyl (C=O) groups is 2. The van der Waals surface area contributed by atoms with Gasteiger partial charge >= 0.3 is 0 Å². The van der Waals surface area contributed by atoms with Crippen molar-refractivity contribution in [3.05, 3.63) is 95.2 Å². The number of aromatic amines is 1. The van der Waals surface area contributed by atoms with Gasteiger partial charge in [0.1, 0.15) is 0 Å². The maximum atomic E-state index is 14.3. The minimum atomic E-state index is -1.12. The molecule has 0 unspecified atom stereocenters. The number of amides is 2. The topological polar surface area (TPSA) is 74.9 Å². The molecule has 0 spiro atoms. The lowest BCUT2D eigenvalue weighted by molar-refractivity contribution is -0.166. The molecule has 7 heteroatoms. The summed E-state index contributed by atoms with van der Waals surface area (Å²) in [5.41, 5.74) is 3.82. The zero-order chi connectivity index (χ0) is 28.0. The van der Waals surface area contributed by atoms with E-state index in [4.69, 9.17) is 9.47 Å². The monoisotopic (exact) mass is 537 g/mol. The van der Waals surface area contributed by atoms with E-state index in [-0.39, 0.29) is 30.4 Å². The zero-order valence-electron chi connectivity index (χ0n) is 23.4.